The van der Waals surface area contributed by atoms with E-state index in [1.165, 1.54) is 4.88 Å². The molecule has 0 saturated carbocycles. The highest BCUT2D eigenvalue weighted by Gasteiger charge is 2.16. The predicted molar refractivity (Wildman–Crippen MR) is 73.1 cm³/mol. The van der Waals surface area contributed by atoms with Crippen molar-refractivity contribution in [1.29, 1.82) is 0 Å². The highest BCUT2D eigenvalue weighted by molar-refractivity contribution is 9.09. The van der Waals surface area contributed by atoms with Crippen molar-refractivity contribution in [2.45, 2.75) is 4.83 Å². The fourth-order valence-corrected chi connectivity index (χ4v) is 3.36. The number of rotatable bonds is 3. The van der Waals surface area contributed by atoms with E-state index in [1.807, 2.05) is 36.4 Å². The molecule has 1 atom stereocenters. The first-order valence-corrected chi connectivity index (χ1v) is 6.85. The molecule has 4 heteroatoms. The molecule has 0 fully saturated rings. The van der Waals surface area contributed by atoms with Crippen LogP contribution < -0.4 is 4.74 Å². The third-order valence-corrected chi connectivity index (χ3v) is 4.84. The number of hydrogen-bond donors (Lipinski definition) is 0. The first-order valence-electron chi connectivity index (χ1n) is 4.74. The fourth-order valence-electron chi connectivity index (χ4n) is 1.49. The van der Waals surface area contributed by atoms with Crippen LogP contribution in [0.5, 0.6) is 5.75 Å². The lowest BCUT2D eigenvalue weighted by Gasteiger charge is -2.12. The van der Waals surface area contributed by atoms with Gasteiger partial charge in [0, 0.05) is 10.4 Å². The van der Waals surface area contributed by atoms with Crippen molar-refractivity contribution in [3.05, 3.63) is 51.2 Å². The average Bonchev–Trinajstić information content (AvgIpc) is 2.75. The third-order valence-electron chi connectivity index (χ3n) is 2.26. The SMILES string of the molecule is COc1ccccc1C(Br)c1ccc(Cl)s1. The van der Waals surface area contributed by atoms with Crippen molar-refractivity contribution in [3.8, 4) is 5.75 Å². The second kappa shape index (κ2) is 5.21. The first-order chi connectivity index (χ1) is 7.72. The van der Waals surface area contributed by atoms with E-state index >= 15 is 0 Å². The summed E-state index contributed by atoms with van der Waals surface area (Å²) in [5, 5.41) is 0. The van der Waals surface area contributed by atoms with Crippen LogP contribution in [0.4, 0.5) is 0 Å². The average molecular weight is 318 g/mol. The van der Waals surface area contributed by atoms with Gasteiger partial charge in [-0.15, -0.1) is 11.3 Å². The molecule has 0 radical (unpaired) electrons. The van der Waals surface area contributed by atoms with E-state index < -0.39 is 0 Å². The summed E-state index contributed by atoms with van der Waals surface area (Å²) in [7, 11) is 1.68. The molecule has 2 rings (SSSR count). The van der Waals surface area contributed by atoms with Gasteiger partial charge in [-0.3, -0.25) is 0 Å². The molecule has 1 unspecified atom stereocenters. The van der Waals surface area contributed by atoms with Crippen LogP contribution in [-0.2, 0) is 0 Å². The van der Waals surface area contributed by atoms with E-state index in [4.69, 9.17) is 16.3 Å². The van der Waals surface area contributed by atoms with Crippen LogP contribution in [0, 0.1) is 0 Å². The lowest BCUT2D eigenvalue weighted by Crippen LogP contribution is -1.94. The summed E-state index contributed by atoms with van der Waals surface area (Å²) in [4.78, 5) is 1.30. The molecule has 0 saturated heterocycles. The molecule has 0 amide bonds. The van der Waals surface area contributed by atoms with Crippen molar-refractivity contribution in [3.63, 3.8) is 0 Å². The fraction of sp³-hybridized carbons (Fsp3) is 0.167. The van der Waals surface area contributed by atoms with E-state index in [9.17, 15) is 0 Å². The van der Waals surface area contributed by atoms with Crippen LogP contribution in [0.2, 0.25) is 4.34 Å². The number of alkyl halides is 1. The van der Waals surface area contributed by atoms with E-state index in [-0.39, 0.29) is 4.83 Å². The summed E-state index contributed by atoms with van der Waals surface area (Å²) in [6.07, 6.45) is 0. The van der Waals surface area contributed by atoms with Crippen LogP contribution in [0.25, 0.3) is 0 Å². The van der Waals surface area contributed by atoms with E-state index in [1.54, 1.807) is 18.4 Å². The standard InChI is InChI=1S/C12H10BrClOS/c1-15-9-5-3-2-4-8(9)12(13)10-6-7-11(14)16-10/h2-7,12H,1H3. The molecule has 1 aromatic carbocycles. The maximum absolute atomic E-state index is 5.93. The van der Waals surface area contributed by atoms with Gasteiger partial charge < -0.3 is 4.74 Å². The van der Waals surface area contributed by atoms with Gasteiger partial charge in [-0.2, -0.15) is 0 Å². The third kappa shape index (κ3) is 2.42. The normalized spacial score (nSPS) is 12.4. The lowest BCUT2D eigenvalue weighted by molar-refractivity contribution is 0.410. The zero-order chi connectivity index (χ0) is 11.5. The predicted octanol–water partition coefficient (Wildman–Crippen LogP) is 4.89. The lowest BCUT2D eigenvalue weighted by atomic mass is 10.1. The second-order valence-electron chi connectivity index (χ2n) is 3.25. The van der Waals surface area contributed by atoms with Gasteiger partial charge in [-0.1, -0.05) is 45.7 Å². The van der Waals surface area contributed by atoms with Crippen molar-refractivity contribution < 1.29 is 4.74 Å². The Kier molecular flexibility index (Phi) is 3.90. The maximum Gasteiger partial charge on any atom is 0.123 e. The number of thiophene rings is 1. The number of para-hydroxylation sites is 1. The van der Waals surface area contributed by atoms with Gasteiger partial charge in [0.15, 0.2) is 0 Å². The molecule has 0 spiro atoms. The molecule has 16 heavy (non-hydrogen) atoms. The Morgan fingerprint density at radius 1 is 1.25 bits per heavy atom. The van der Waals surface area contributed by atoms with Crippen LogP contribution in [-0.4, -0.2) is 7.11 Å². The highest BCUT2D eigenvalue weighted by Crippen LogP contribution is 2.40. The minimum absolute atomic E-state index is 0.126. The van der Waals surface area contributed by atoms with Crippen molar-refractivity contribution in [1.82, 2.24) is 0 Å². The Hall–Kier alpha value is -0.510. The van der Waals surface area contributed by atoms with Gasteiger partial charge in [0.1, 0.15) is 5.75 Å². The smallest absolute Gasteiger partial charge is 0.123 e. The zero-order valence-electron chi connectivity index (χ0n) is 8.61. The quantitative estimate of drug-likeness (QED) is 0.732. The van der Waals surface area contributed by atoms with Gasteiger partial charge >= 0.3 is 0 Å². The molecule has 1 aromatic heterocycles. The summed E-state index contributed by atoms with van der Waals surface area (Å²) in [5.41, 5.74) is 1.11. The molecule has 0 bridgehead atoms. The molecule has 0 N–H and O–H groups in total. The molecular weight excluding hydrogens is 308 g/mol. The molecule has 0 aliphatic rings. The zero-order valence-corrected chi connectivity index (χ0v) is 11.8. The summed E-state index contributed by atoms with van der Waals surface area (Å²) in [6, 6.07) is 11.9. The van der Waals surface area contributed by atoms with Gasteiger partial charge in [-0.05, 0) is 18.2 Å². The first kappa shape index (κ1) is 12.0. The number of methoxy groups -OCH3 is 1. The summed E-state index contributed by atoms with van der Waals surface area (Å²) in [5.74, 6) is 0.883. The number of halogens is 2. The molecular formula is C12H10BrClOS. The van der Waals surface area contributed by atoms with Crippen molar-refractivity contribution in [2.75, 3.05) is 7.11 Å². The number of ether oxygens (including phenoxy) is 1. The Balaban J connectivity index is 2.36. The monoisotopic (exact) mass is 316 g/mol. The minimum atomic E-state index is 0.126. The van der Waals surface area contributed by atoms with Gasteiger partial charge in [-0.25, -0.2) is 0 Å². The summed E-state index contributed by atoms with van der Waals surface area (Å²) in [6.45, 7) is 0. The van der Waals surface area contributed by atoms with Crippen LogP contribution in [0.15, 0.2) is 36.4 Å². The van der Waals surface area contributed by atoms with Crippen LogP contribution in [0.1, 0.15) is 15.3 Å². The Morgan fingerprint density at radius 2 is 2.00 bits per heavy atom. The van der Waals surface area contributed by atoms with Crippen molar-refractivity contribution >= 4 is 38.9 Å². The molecule has 0 aliphatic carbocycles. The van der Waals surface area contributed by atoms with Gasteiger partial charge in [0.05, 0.1) is 16.3 Å². The minimum Gasteiger partial charge on any atom is -0.496 e. The largest absolute Gasteiger partial charge is 0.496 e. The van der Waals surface area contributed by atoms with E-state index in [2.05, 4.69) is 15.9 Å². The molecule has 0 aliphatic heterocycles. The molecule has 1 heterocycles. The summed E-state index contributed by atoms with van der Waals surface area (Å²) >= 11 is 11.2. The number of benzene rings is 1. The van der Waals surface area contributed by atoms with Gasteiger partial charge in [0.25, 0.3) is 0 Å². The van der Waals surface area contributed by atoms with Crippen molar-refractivity contribution in [2.24, 2.45) is 0 Å². The van der Waals surface area contributed by atoms with Crippen LogP contribution in [0.3, 0.4) is 0 Å². The Labute approximate surface area is 112 Å². The van der Waals surface area contributed by atoms with E-state index in [0.717, 1.165) is 15.6 Å². The molecule has 2 aromatic rings. The Bertz CT molecular complexity index is 483. The number of hydrogen-bond acceptors (Lipinski definition) is 2. The van der Waals surface area contributed by atoms with Crippen LogP contribution >= 0.6 is 38.9 Å². The highest BCUT2D eigenvalue weighted by atomic mass is 79.9. The summed E-state index contributed by atoms with van der Waals surface area (Å²) < 4.78 is 6.14. The topological polar surface area (TPSA) is 9.23 Å². The molecule has 1 nitrogen and oxygen atoms in total. The molecule has 84 valence electrons. The Morgan fingerprint density at radius 3 is 2.62 bits per heavy atom. The maximum atomic E-state index is 5.93. The second-order valence-corrected chi connectivity index (χ2v) is 5.91. The van der Waals surface area contributed by atoms with E-state index in [0.29, 0.717) is 0 Å². The van der Waals surface area contributed by atoms with Gasteiger partial charge in [0.2, 0.25) is 0 Å².